The zero-order chi connectivity index (χ0) is 15.0. The molecule has 21 heavy (non-hydrogen) atoms. The zero-order valence-electron chi connectivity index (χ0n) is 11.8. The third kappa shape index (κ3) is 2.22. The zero-order valence-corrected chi connectivity index (χ0v) is 12.6. The molecular weight excluding hydrogens is 288 g/mol. The van der Waals surface area contributed by atoms with Gasteiger partial charge in [0.1, 0.15) is 4.90 Å². The Balaban J connectivity index is 2.07. The number of para-hydroxylation sites is 1. The first kappa shape index (κ1) is 14.1. The van der Waals surface area contributed by atoms with Crippen LogP contribution in [0.2, 0.25) is 0 Å². The van der Waals surface area contributed by atoms with E-state index >= 15 is 0 Å². The molecule has 3 N–H and O–H groups in total. The van der Waals surface area contributed by atoms with Gasteiger partial charge in [0.25, 0.3) is 10.0 Å². The highest BCUT2D eigenvalue weighted by molar-refractivity contribution is 7.92. The van der Waals surface area contributed by atoms with E-state index in [0.717, 1.165) is 17.7 Å². The van der Waals surface area contributed by atoms with Crippen molar-refractivity contribution in [2.24, 2.45) is 5.73 Å². The Bertz CT molecular complexity index is 754. The number of rotatable bonds is 4. The lowest BCUT2D eigenvalue weighted by Gasteiger charge is -2.19. The standard InChI is InChI=1S/C14H18N4O2S/c1-10-14(8-16-17-10)21(19,20)18-9-11(6-7-15)12-4-2-3-5-13(12)18/h2-5,8,11H,6-7,9,15H2,1H3,(H,16,17). The van der Waals surface area contributed by atoms with Gasteiger partial charge in [-0.05, 0) is 31.5 Å². The molecule has 0 saturated heterocycles. The van der Waals surface area contributed by atoms with Crippen molar-refractivity contribution in [3.05, 3.63) is 41.7 Å². The maximum absolute atomic E-state index is 12.9. The number of fused-ring (bicyclic) bond motifs is 1. The summed E-state index contributed by atoms with van der Waals surface area (Å²) in [6.45, 7) is 2.68. The minimum Gasteiger partial charge on any atom is -0.330 e. The molecule has 2 heterocycles. The second kappa shape index (κ2) is 5.16. The largest absolute Gasteiger partial charge is 0.330 e. The molecule has 0 fully saturated rings. The summed E-state index contributed by atoms with van der Waals surface area (Å²) in [4.78, 5) is 0.228. The molecule has 112 valence electrons. The molecule has 1 aromatic heterocycles. The SMILES string of the molecule is Cc1[nH]ncc1S(=O)(=O)N1CC(CCN)c2ccccc21. The highest BCUT2D eigenvalue weighted by Gasteiger charge is 2.37. The van der Waals surface area contributed by atoms with Crippen molar-refractivity contribution < 1.29 is 8.42 Å². The van der Waals surface area contributed by atoms with Crippen LogP contribution in [-0.4, -0.2) is 31.7 Å². The van der Waals surface area contributed by atoms with Gasteiger partial charge in [-0.25, -0.2) is 8.42 Å². The molecule has 1 aliphatic rings. The number of nitrogens with two attached hydrogens (primary N) is 1. The van der Waals surface area contributed by atoms with E-state index in [1.807, 2.05) is 24.3 Å². The summed E-state index contributed by atoms with van der Waals surface area (Å²) >= 11 is 0. The molecule has 1 unspecified atom stereocenters. The van der Waals surface area contributed by atoms with E-state index in [9.17, 15) is 8.42 Å². The number of aromatic nitrogens is 2. The summed E-state index contributed by atoms with van der Waals surface area (Å²) in [5, 5.41) is 6.50. The maximum atomic E-state index is 12.9. The number of aryl methyl sites for hydroxylation is 1. The first-order valence-corrected chi connectivity index (χ1v) is 8.31. The molecule has 0 saturated carbocycles. The summed E-state index contributed by atoms with van der Waals surface area (Å²) in [6, 6.07) is 7.61. The van der Waals surface area contributed by atoms with Crippen LogP contribution in [0.25, 0.3) is 0 Å². The van der Waals surface area contributed by atoms with Crippen molar-refractivity contribution in [1.82, 2.24) is 10.2 Å². The Morgan fingerprint density at radius 3 is 2.86 bits per heavy atom. The van der Waals surface area contributed by atoms with Gasteiger partial charge < -0.3 is 5.73 Å². The molecule has 1 atom stereocenters. The van der Waals surface area contributed by atoms with Crippen LogP contribution in [0.5, 0.6) is 0 Å². The van der Waals surface area contributed by atoms with E-state index < -0.39 is 10.0 Å². The quantitative estimate of drug-likeness (QED) is 0.892. The van der Waals surface area contributed by atoms with Gasteiger partial charge in [0.15, 0.2) is 0 Å². The third-order valence-electron chi connectivity index (χ3n) is 3.90. The van der Waals surface area contributed by atoms with Crippen molar-refractivity contribution in [3.63, 3.8) is 0 Å². The Hall–Kier alpha value is -1.86. The lowest BCUT2D eigenvalue weighted by atomic mass is 9.98. The molecule has 0 radical (unpaired) electrons. The number of benzene rings is 1. The number of nitrogens with zero attached hydrogens (tertiary/aromatic N) is 2. The Kier molecular flexibility index (Phi) is 3.46. The summed E-state index contributed by atoms with van der Waals surface area (Å²) in [5.74, 6) is 0.146. The van der Waals surface area contributed by atoms with Crippen LogP contribution in [0, 0.1) is 6.92 Å². The minimum atomic E-state index is -3.59. The minimum absolute atomic E-state index is 0.146. The lowest BCUT2D eigenvalue weighted by molar-refractivity contribution is 0.586. The Morgan fingerprint density at radius 2 is 2.19 bits per heavy atom. The normalized spacial score (nSPS) is 18.0. The third-order valence-corrected chi connectivity index (χ3v) is 5.79. The molecule has 0 bridgehead atoms. The smallest absolute Gasteiger partial charge is 0.267 e. The van der Waals surface area contributed by atoms with Crippen LogP contribution in [0.15, 0.2) is 35.4 Å². The molecule has 0 amide bonds. The van der Waals surface area contributed by atoms with Gasteiger partial charge in [0, 0.05) is 12.5 Å². The van der Waals surface area contributed by atoms with E-state index in [-0.39, 0.29) is 10.8 Å². The van der Waals surface area contributed by atoms with E-state index in [2.05, 4.69) is 10.2 Å². The summed E-state index contributed by atoms with van der Waals surface area (Å²) in [7, 11) is -3.59. The van der Waals surface area contributed by atoms with Crippen LogP contribution in [-0.2, 0) is 10.0 Å². The molecule has 7 heteroatoms. The van der Waals surface area contributed by atoms with E-state index in [1.54, 1.807) is 6.92 Å². The first-order valence-electron chi connectivity index (χ1n) is 6.87. The van der Waals surface area contributed by atoms with Gasteiger partial charge in [-0.1, -0.05) is 18.2 Å². The maximum Gasteiger partial charge on any atom is 0.267 e. The highest BCUT2D eigenvalue weighted by atomic mass is 32.2. The molecule has 6 nitrogen and oxygen atoms in total. The van der Waals surface area contributed by atoms with Crippen molar-refractivity contribution in [3.8, 4) is 0 Å². The van der Waals surface area contributed by atoms with E-state index in [4.69, 9.17) is 5.73 Å². The van der Waals surface area contributed by atoms with Crippen LogP contribution < -0.4 is 10.0 Å². The van der Waals surface area contributed by atoms with Gasteiger partial charge >= 0.3 is 0 Å². The Morgan fingerprint density at radius 1 is 1.43 bits per heavy atom. The topological polar surface area (TPSA) is 92.1 Å². The molecule has 1 aromatic carbocycles. The van der Waals surface area contributed by atoms with Crippen LogP contribution in [0.4, 0.5) is 5.69 Å². The monoisotopic (exact) mass is 306 g/mol. The number of H-pyrrole nitrogens is 1. The second-order valence-corrected chi connectivity index (χ2v) is 7.06. The number of aromatic amines is 1. The number of anilines is 1. The fraction of sp³-hybridized carbons (Fsp3) is 0.357. The average Bonchev–Trinajstić information content (AvgIpc) is 3.05. The molecule has 0 aliphatic carbocycles. The predicted octanol–water partition coefficient (Wildman–Crippen LogP) is 1.36. The van der Waals surface area contributed by atoms with Crippen molar-refractivity contribution >= 4 is 15.7 Å². The van der Waals surface area contributed by atoms with E-state index in [1.165, 1.54) is 10.5 Å². The molecule has 0 spiro atoms. The van der Waals surface area contributed by atoms with Crippen LogP contribution in [0.1, 0.15) is 23.6 Å². The molecule has 1 aliphatic heterocycles. The van der Waals surface area contributed by atoms with Gasteiger partial charge in [0.2, 0.25) is 0 Å². The van der Waals surface area contributed by atoms with Crippen molar-refractivity contribution in [2.75, 3.05) is 17.4 Å². The van der Waals surface area contributed by atoms with Gasteiger partial charge in [-0.3, -0.25) is 9.40 Å². The number of hydrogen-bond donors (Lipinski definition) is 2. The number of hydrogen-bond acceptors (Lipinski definition) is 4. The highest BCUT2D eigenvalue weighted by Crippen LogP contribution is 2.40. The van der Waals surface area contributed by atoms with Crippen molar-refractivity contribution in [1.29, 1.82) is 0 Å². The summed E-state index contributed by atoms with van der Waals surface area (Å²) in [6.07, 6.45) is 2.14. The molecule has 3 rings (SSSR count). The Labute approximate surface area is 124 Å². The van der Waals surface area contributed by atoms with Crippen LogP contribution in [0.3, 0.4) is 0 Å². The average molecular weight is 306 g/mol. The van der Waals surface area contributed by atoms with E-state index in [0.29, 0.717) is 18.8 Å². The van der Waals surface area contributed by atoms with Crippen LogP contribution >= 0.6 is 0 Å². The second-order valence-electron chi connectivity index (χ2n) is 5.23. The first-order chi connectivity index (χ1) is 10.1. The van der Waals surface area contributed by atoms with Gasteiger partial charge in [-0.2, -0.15) is 5.10 Å². The lowest BCUT2D eigenvalue weighted by Crippen LogP contribution is -2.30. The summed E-state index contributed by atoms with van der Waals surface area (Å²) in [5.41, 5.74) is 8.00. The predicted molar refractivity (Wildman–Crippen MR) is 80.7 cm³/mol. The number of nitrogens with one attached hydrogen (secondary N) is 1. The number of sulfonamides is 1. The van der Waals surface area contributed by atoms with Gasteiger partial charge in [-0.15, -0.1) is 0 Å². The fourth-order valence-corrected chi connectivity index (χ4v) is 4.51. The molecule has 2 aromatic rings. The fourth-order valence-electron chi connectivity index (χ4n) is 2.85. The van der Waals surface area contributed by atoms with Crippen molar-refractivity contribution in [2.45, 2.75) is 24.2 Å². The molecular formula is C14H18N4O2S. The van der Waals surface area contributed by atoms with Gasteiger partial charge in [0.05, 0.1) is 17.6 Å². The summed E-state index contributed by atoms with van der Waals surface area (Å²) < 4.78 is 27.2.